The Morgan fingerprint density at radius 3 is 2.43 bits per heavy atom. The summed E-state index contributed by atoms with van der Waals surface area (Å²) in [6, 6.07) is 13.2. The molecule has 2 N–H and O–H groups in total. The molecule has 2 nitrogen and oxygen atoms in total. The molecule has 1 atom stereocenters. The Balaban J connectivity index is 2.22. The van der Waals surface area contributed by atoms with E-state index in [1.54, 1.807) is 12.1 Å². The highest BCUT2D eigenvalue weighted by Crippen LogP contribution is 2.30. The van der Waals surface area contributed by atoms with Gasteiger partial charge in [0.1, 0.15) is 0 Å². The van der Waals surface area contributed by atoms with E-state index in [2.05, 4.69) is 4.90 Å². The van der Waals surface area contributed by atoms with Crippen LogP contribution in [-0.2, 0) is 6.54 Å². The Bertz CT molecular complexity index is 616. The zero-order chi connectivity index (χ0) is 15.4. The van der Waals surface area contributed by atoms with E-state index in [0.29, 0.717) is 16.6 Å². The highest BCUT2D eigenvalue weighted by molar-refractivity contribution is 6.33. The summed E-state index contributed by atoms with van der Waals surface area (Å²) in [7, 11) is 2.01. The highest BCUT2D eigenvalue weighted by Gasteiger charge is 2.19. The summed E-state index contributed by atoms with van der Waals surface area (Å²) in [6.45, 7) is 1.18. The van der Waals surface area contributed by atoms with Gasteiger partial charge >= 0.3 is 0 Å². The SMILES string of the molecule is CN(Cc1cccc(Cl)c1)C(CN)c1cc(Cl)ccc1Cl. The molecule has 0 fully saturated rings. The van der Waals surface area contributed by atoms with Crippen LogP contribution in [0, 0.1) is 0 Å². The van der Waals surface area contributed by atoms with Crippen molar-refractivity contribution in [2.75, 3.05) is 13.6 Å². The van der Waals surface area contributed by atoms with Gasteiger partial charge in [0, 0.05) is 34.2 Å². The van der Waals surface area contributed by atoms with Crippen molar-refractivity contribution in [2.45, 2.75) is 12.6 Å². The molecular weight excluding hydrogens is 327 g/mol. The van der Waals surface area contributed by atoms with Gasteiger partial charge in [-0.3, -0.25) is 4.90 Å². The molecule has 21 heavy (non-hydrogen) atoms. The largest absolute Gasteiger partial charge is 0.329 e. The predicted molar refractivity (Wildman–Crippen MR) is 91.2 cm³/mol. The molecular formula is C16H17Cl3N2. The van der Waals surface area contributed by atoms with Gasteiger partial charge in [-0.1, -0.05) is 46.9 Å². The zero-order valence-electron chi connectivity index (χ0n) is 11.7. The van der Waals surface area contributed by atoms with Crippen molar-refractivity contribution in [1.29, 1.82) is 0 Å². The molecule has 0 heterocycles. The molecule has 0 radical (unpaired) electrons. The molecule has 0 saturated carbocycles. The smallest absolute Gasteiger partial charge is 0.0486 e. The topological polar surface area (TPSA) is 29.3 Å². The van der Waals surface area contributed by atoms with Crippen LogP contribution in [0.2, 0.25) is 15.1 Å². The van der Waals surface area contributed by atoms with E-state index < -0.39 is 0 Å². The van der Waals surface area contributed by atoms with Crippen LogP contribution in [0.15, 0.2) is 42.5 Å². The molecule has 0 aromatic heterocycles. The van der Waals surface area contributed by atoms with Gasteiger partial charge in [0.05, 0.1) is 0 Å². The van der Waals surface area contributed by atoms with Gasteiger partial charge in [0.2, 0.25) is 0 Å². The first-order chi connectivity index (χ1) is 10.0. The lowest BCUT2D eigenvalue weighted by molar-refractivity contribution is 0.242. The van der Waals surface area contributed by atoms with Gasteiger partial charge < -0.3 is 5.73 Å². The number of benzene rings is 2. The molecule has 0 aliphatic carbocycles. The van der Waals surface area contributed by atoms with Crippen LogP contribution < -0.4 is 5.73 Å². The van der Waals surface area contributed by atoms with E-state index in [0.717, 1.165) is 22.7 Å². The predicted octanol–water partition coefficient (Wildman–Crippen LogP) is 4.78. The van der Waals surface area contributed by atoms with Gasteiger partial charge in [-0.15, -0.1) is 0 Å². The maximum atomic E-state index is 6.28. The Hall–Kier alpha value is -0.770. The minimum absolute atomic E-state index is 0.00446. The minimum Gasteiger partial charge on any atom is -0.329 e. The van der Waals surface area contributed by atoms with E-state index in [-0.39, 0.29) is 6.04 Å². The first-order valence-corrected chi connectivity index (χ1v) is 7.74. The van der Waals surface area contributed by atoms with Crippen LogP contribution in [0.5, 0.6) is 0 Å². The Labute approximate surface area is 140 Å². The summed E-state index contributed by atoms with van der Waals surface area (Å²) in [6.07, 6.45) is 0. The quantitative estimate of drug-likeness (QED) is 0.846. The van der Waals surface area contributed by atoms with Crippen molar-refractivity contribution in [3.63, 3.8) is 0 Å². The fourth-order valence-corrected chi connectivity index (χ4v) is 2.98. The Morgan fingerprint density at radius 2 is 1.76 bits per heavy atom. The molecule has 2 rings (SSSR count). The molecule has 5 heteroatoms. The van der Waals surface area contributed by atoms with Crippen molar-refractivity contribution >= 4 is 34.8 Å². The van der Waals surface area contributed by atoms with E-state index in [1.807, 2.05) is 37.4 Å². The lowest BCUT2D eigenvalue weighted by Gasteiger charge is -2.28. The van der Waals surface area contributed by atoms with Crippen molar-refractivity contribution < 1.29 is 0 Å². The molecule has 2 aromatic rings. The summed E-state index contributed by atoms with van der Waals surface area (Å²) in [5.41, 5.74) is 8.01. The van der Waals surface area contributed by atoms with Crippen molar-refractivity contribution in [2.24, 2.45) is 5.73 Å². The van der Waals surface area contributed by atoms with E-state index in [9.17, 15) is 0 Å². The van der Waals surface area contributed by atoms with Gasteiger partial charge in [-0.2, -0.15) is 0 Å². The maximum absolute atomic E-state index is 6.28. The normalized spacial score (nSPS) is 12.7. The second-order valence-electron chi connectivity index (χ2n) is 4.96. The van der Waals surface area contributed by atoms with Gasteiger partial charge in [0.15, 0.2) is 0 Å². The first-order valence-electron chi connectivity index (χ1n) is 6.61. The van der Waals surface area contributed by atoms with Crippen LogP contribution in [0.4, 0.5) is 0 Å². The first kappa shape index (κ1) is 16.6. The van der Waals surface area contributed by atoms with Crippen molar-refractivity contribution in [3.05, 3.63) is 68.7 Å². The average Bonchev–Trinajstić information content (AvgIpc) is 2.43. The Kier molecular flexibility index (Phi) is 5.91. The fraction of sp³-hybridized carbons (Fsp3) is 0.250. The monoisotopic (exact) mass is 342 g/mol. The summed E-state index contributed by atoms with van der Waals surface area (Å²) in [5, 5.41) is 2.06. The minimum atomic E-state index is -0.00446. The van der Waals surface area contributed by atoms with Gasteiger partial charge in [-0.05, 0) is 48.5 Å². The summed E-state index contributed by atoms with van der Waals surface area (Å²) >= 11 is 18.4. The lowest BCUT2D eigenvalue weighted by Crippen LogP contribution is -2.30. The van der Waals surface area contributed by atoms with Crippen LogP contribution in [0.25, 0.3) is 0 Å². The number of nitrogens with zero attached hydrogens (tertiary/aromatic N) is 1. The zero-order valence-corrected chi connectivity index (χ0v) is 14.0. The second-order valence-corrected chi connectivity index (χ2v) is 6.24. The number of hydrogen-bond donors (Lipinski definition) is 1. The average molecular weight is 344 g/mol. The standard InChI is InChI=1S/C16H17Cl3N2/c1-21(10-11-3-2-4-12(17)7-11)16(9-20)14-8-13(18)5-6-15(14)19/h2-8,16H,9-10,20H2,1H3. The molecule has 0 spiro atoms. The second kappa shape index (κ2) is 7.48. The molecule has 0 aliphatic heterocycles. The number of halogens is 3. The van der Waals surface area contributed by atoms with Gasteiger partial charge in [-0.25, -0.2) is 0 Å². The Morgan fingerprint density at radius 1 is 1.05 bits per heavy atom. The number of hydrogen-bond acceptors (Lipinski definition) is 2. The number of likely N-dealkylation sites (N-methyl/N-ethyl adjacent to an activating group) is 1. The number of rotatable bonds is 5. The van der Waals surface area contributed by atoms with E-state index >= 15 is 0 Å². The highest BCUT2D eigenvalue weighted by atomic mass is 35.5. The summed E-state index contributed by atoms with van der Waals surface area (Å²) in [5.74, 6) is 0. The third-order valence-corrected chi connectivity index (χ3v) is 4.21. The van der Waals surface area contributed by atoms with Crippen LogP contribution >= 0.6 is 34.8 Å². The maximum Gasteiger partial charge on any atom is 0.0486 e. The van der Waals surface area contributed by atoms with E-state index in [4.69, 9.17) is 40.5 Å². The lowest BCUT2D eigenvalue weighted by atomic mass is 10.0. The van der Waals surface area contributed by atoms with Crippen LogP contribution in [-0.4, -0.2) is 18.5 Å². The molecule has 0 saturated heterocycles. The third-order valence-electron chi connectivity index (χ3n) is 3.39. The van der Waals surface area contributed by atoms with Crippen LogP contribution in [0.3, 0.4) is 0 Å². The summed E-state index contributed by atoms with van der Waals surface area (Å²) in [4.78, 5) is 2.14. The van der Waals surface area contributed by atoms with Crippen molar-refractivity contribution in [3.8, 4) is 0 Å². The van der Waals surface area contributed by atoms with Crippen molar-refractivity contribution in [1.82, 2.24) is 4.90 Å². The molecule has 1 unspecified atom stereocenters. The summed E-state index contributed by atoms with van der Waals surface area (Å²) < 4.78 is 0. The molecule has 0 amide bonds. The molecule has 0 aliphatic rings. The molecule has 2 aromatic carbocycles. The van der Waals surface area contributed by atoms with Gasteiger partial charge in [0.25, 0.3) is 0 Å². The van der Waals surface area contributed by atoms with Crippen LogP contribution in [0.1, 0.15) is 17.2 Å². The third kappa shape index (κ3) is 4.35. The fourth-order valence-electron chi connectivity index (χ4n) is 2.35. The van der Waals surface area contributed by atoms with E-state index in [1.165, 1.54) is 0 Å². The molecule has 112 valence electrons. The number of nitrogens with two attached hydrogens (primary N) is 1. The molecule has 0 bridgehead atoms.